The van der Waals surface area contributed by atoms with Crippen molar-refractivity contribution in [1.82, 2.24) is 9.80 Å². The van der Waals surface area contributed by atoms with Crippen molar-refractivity contribution in [2.24, 2.45) is 23.5 Å². The summed E-state index contributed by atoms with van der Waals surface area (Å²) >= 11 is 0. The molecule has 0 saturated carbocycles. The van der Waals surface area contributed by atoms with Gasteiger partial charge in [-0.25, -0.2) is 4.79 Å². The van der Waals surface area contributed by atoms with Gasteiger partial charge in [-0.2, -0.15) is 0 Å². The molecule has 2 aliphatic rings. The molecule has 2 saturated heterocycles. The van der Waals surface area contributed by atoms with Crippen LogP contribution in [0.25, 0.3) is 0 Å². The molecule has 8 heteroatoms. The summed E-state index contributed by atoms with van der Waals surface area (Å²) in [7, 11) is 1.60. The summed E-state index contributed by atoms with van der Waals surface area (Å²) in [6.07, 6.45) is 3.55. The molecule has 3 N–H and O–H groups in total. The average Bonchev–Trinajstić information content (AvgIpc) is 2.79. The number of methoxy groups -OCH3 is 1. The second-order valence-electron chi connectivity index (χ2n) is 8.59. The summed E-state index contributed by atoms with van der Waals surface area (Å²) in [5, 5.41) is 2.95. The van der Waals surface area contributed by atoms with E-state index in [-0.39, 0.29) is 35.6 Å². The third-order valence-corrected chi connectivity index (χ3v) is 6.71. The van der Waals surface area contributed by atoms with Gasteiger partial charge in [0.15, 0.2) is 0 Å². The molecule has 2 atom stereocenters. The number of benzene rings is 1. The smallest absolute Gasteiger partial charge is 0.321 e. The number of primary amides is 1. The van der Waals surface area contributed by atoms with Gasteiger partial charge in [-0.05, 0) is 43.2 Å². The second-order valence-corrected chi connectivity index (χ2v) is 8.59. The van der Waals surface area contributed by atoms with Gasteiger partial charge in [0.2, 0.25) is 11.8 Å². The Balaban J connectivity index is 1.51. The largest absolute Gasteiger partial charge is 0.497 e. The molecule has 0 aliphatic carbocycles. The van der Waals surface area contributed by atoms with E-state index in [4.69, 9.17) is 10.5 Å². The highest BCUT2D eigenvalue weighted by Gasteiger charge is 2.34. The van der Waals surface area contributed by atoms with Crippen LogP contribution in [0.4, 0.5) is 10.5 Å². The molecule has 1 aromatic carbocycles. The maximum absolute atomic E-state index is 12.8. The minimum atomic E-state index is -0.266. The van der Waals surface area contributed by atoms with E-state index in [2.05, 4.69) is 12.2 Å². The van der Waals surface area contributed by atoms with E-state index in [1.165, 1.54) is 0 Å². The molecule has 0 radical (unpaired) electrons. The van der Waals surface area contributed by atoms with Gasteiger partial charge < -0.3 is 25.6 Å². The third kappa shape index (κ3) is 5.89. The van der Waals surface area contributed by atoms with Crippen LogP contribution in [-0.2, 0) is 9.59 Å². The van der Waals surface area contributed by atoms with E-state index >= 15 is 0 Å². The monoisotopic (exact) mass is 430 g/mol. The van der Waals surface area contributed by atoms with E-state index in [0.717, 1.165) is 12.8 Å². The number of hydrogen-bond acceptors (Lipinski definition) is 4. The highest BCUT2D eigenvalue weighted by atomic mass is 16.5. The van der Waals surface area contributed by atoms with Crippen LogP contribution in [-0.4, -0.2) is 60.9 Å². The molecule has 0 aromatic heterocycles. The third-order valence-electron chi connectivity index (χ3n) is 6.71. The molecule has 1 aromatic rings. The van der Waals surface area contributed by atoms with E-state index in [9.17, 15) is 14.4 Å². The Morgan fingerprint density at radius 3 is 2.45 bits per heavy atom. The number of piperidine rings is 2. The van der Waals surface area contributed by atoms with Crippen LogP contribution < -0.4 is 15.8 Å². The quantitative estimate of drug-likeness (QED) is 0.724. The number of nitrogens with one attached hydrogen (secondary N) is 1. The summed E-state index contributed by atoms with van der Waals surface area (Å²) in [5.41, 5.74) is 6.09. The molecule has 31 heavy (non-hydrogen) atoms. The Bertz CT molecular complexity index is 792. The normalized spacial score (nSPS) is 22.1. The minimum absolute atomic E-state index is 0.112. The topological polar surface area (TPSA) is 105 Å². The summed E-state index contributed by atoms with van der Waals surface area (Å²) in [5.74, 6) is 1.03. The maximum atomic E-state index is 12.8. The second kappa shape index (κ2) is 10.5. The maximum Gasteiger partial charge on any atom is 0.321 e. The predicted octanol–water partition coefficient (Wildman–Crippen LogP) is 2.69. The van der Waals surface area contributed by atoms with Crippen LogP contribution in [0.3, 0.4) is 0 Å². The number of carbonyl (C=O) groups excluding carboxylic acids is 3. The van der Waals surface area contributed by atoms with Crippen molar-refractivity contribution in [2.45, 2.75) is 39.0 Å². The van der Waals surface area contributed by atoms with Gasteiger partial charge in [0.1, 0.15) is 5.75 Å². The Hall–Kier alpha value is -2.77. The van der Waals surface area contributed by atoms with Gasteiger partial charge in [-0.3, -0.25) is 9.59 Å². The number of hydrogen-bond donors (Lipinski definition) is 2. The lowest BCUT2D eigenvalue weighted by Gasteiger charge is -2.39. The van der Waals surface area contributed by atoms with Crippen LogP contribution >= 0.6 is 0 Å². The lowest BCUT2D eigenvalue weighted by atomic mass is 9.81. The Morgan fingerprint density at radius 2 is 1.81 bits per heavy atom. The molecule has 0 bridgehead atoms. The van der Waals surface area contributed by atoms with Crippen LogP contribution in [0.15, 0.2) is 24.3 Å². The number of nitrogens with two attached hydrogens (primary N) is 1. The van der Waals surface area contributed by atoms with Crippen molar-refractivity contribution in [3.63, 3.8) is 0 Å². The first-order valence-corrected chi connectivity index (χ1v) is 11.2. The molecule has 2 heterocycles. The zero-order valence-electron chi connectivity index (χ0n) is 18.5. The zero-order chi connectivity index (χ0) is 22.4. The van der Waals surface area contributed by atoms with Gasteiger partial charge in [-0.1, -0.05) is 19.4 Å². The van der Waals surface area contributed by atoms with Crippen LogP contribution in [0, 0.1) is 17.8 Å². The first-order chi connectivity index (χ1) is 14.9. The number of carbonyl (C=O) groups is 3. The standard InChI is InChI=1S/C23H34N4O4/c1-3-16-15-27(23(30)25-19-5-4-6-20(14-19)31-2)12-9-18(16)13-21(28)26-10-7-17(8-11-26)22(24)29/h4-6,14,16-18H,3,7-13,15H2,1-2H3,(H2,24,29)(H,25,30)/t16-,18-/m0/s1. The van der Waals surface area contributed by atoms with Crippen molar-refractivity contribution in [1.29, 1.82) is 0 Å². The van der Waals surface area contributed by atoms with Gasteiger partial charge in [0.05, 0.1) is 7.11 Å². The van der Waals surface area contributed by atoms with Crippen LogP contribution in [0.1, 0.15) is 39.0 Å². The first kappa shape index (κ1) is 22.9. The number of likely N-dealkylation sites (tertiary alicyclic amines) is 2. The van der Waals surface area contributed by atoms with E-state index in [1.807, 2.05) is 28.0 Å². The summed E-state index contributed by atoms with van der Waals surface area (Å²) in [6.45, 7) is 4.60. The Kier molecular flexibility index (Phi) is 7.76. The molecule has 170 valence electrons. The Labute approximate surface area is 184 Å². The predicted molar refractivity (Wildman–Crippen MR) is 119 cm³/mol. The van der Waals surface area contributed by atoms with Crippen LogP contribution in [0.2, 0.25) is 0 Å². The summed E-state index contributed by atoms with van der Waals surface area (Å²) in [6, 6.07) is 7.19. The van der Waals surface area contributed by atoms with E-state index in [1.54, 1.807) is 13.2 Å². The lowest BCUT2D eigenvalue weighted by molar-refractivity contribution is -0.136. The minimum Gasteiger partial charge on any atom is -0.497 e. The number of urea groups is 1. The van der Waals surface area contributed by atoms with Crippen LogP contribution in [0.5, 0.6) is 5.75 Å². The van der Waals surface area contributed by atoms with Crippen molar-refractivity contribution < 1.29 is 19.1 Å². The molecule has 8 nitrogen and oxygen atoms in total. The fraction of sp³-hybridized carbons (Fsp3) is 0.609. The number of amides is 4. The number of rotatable bonds is 6. The fourth-order valence-corrected chi connectivity index (χ4v) is 4.67. The molecular weight excluding hydrogens is 396 g/mol. The van der Waals surface area contributed by atoms with Gasteiger partial charge in [0, 0.05) is 50.3 Å². The SMILES string of the molecule is CC[C@H]1CN(C(=O)Nc2cccc(OC)c2)CC[C@H]1CC(=O)N1CCC(C(N)=O)CC1. The lowest BCUT2D eigenvalue weighted by Crippen LogP contribution is -2.47. The van der Waals surface area contributed by atoms with Gasteiger partial charge in [-0.15, -0.1) is 0 Å². The zero-order valence-corrected chi connectivity index (χ0v) is 18.5. The molecule has 0 spiro atoms. The van der Waals surface area contributed by atoms with E-state index in [0.29, 0.717) is 56.9 Å². The molecule has 4 amide bonds. The van der Waals surface area contributed by atoms with Crippen molar-refractivity contribution >= 4 is 23.5 Å². The van der Waals surface area contributed by atoms with E-state index < -0.39 is 0 Å². The molecule has 3 rings (SSSR count). The number of ether oxygens (including phenoxy) is 1. The fourth-order valence-electron chi connectivity index (χ4n) is 4.67. The first-order valence-electron chi connectivity index (χ1n) is 11.2. The molecule has 0 unspecified atom stereocenters. The molecule has 2 fully saturated rings. The van der Waals surface area contributed by atoms with Crippen molar-refractivity contribution in [3.8, 4) is 5.75 Å². The van der Waals surface area contributed by atoms with Crippen molar-refractivity contribution in [2.75, 3.05) is 38.6 Å². The number of nitrogens with zero attached hydrogens (tertiary/aromatic N) is 2. The molecule has 2 aliphatic heterocycles. The summed E-state index contributed by atoms with van der Waals surface area (Å²) in [4.78, 5) is 40.6. The molecular formula is C23H34N4O4. The average molecular weight is 431 g/mol. The Morgan fingerprint density at radius 1 is 1.10 bits per heavy atom. The number of anilines is 1. The van der Waals surface area contributed by atoms with Gasteiger partial charge in [0.25, 0.3) is 0 Å². The highest BCUT2D eigenvalue weighted by Crippen LogP contribution is 2.31. The van der Waals surface area contributed by atoms with Gasteiger partial charge >= 0.3 is 6.03 Å². The summed E-state index contributed by atoms with van der Waals surface area (Å²) < 4.78 is 5.21. The van der Waals surface area contributed by atoms with Crippen molar-refractivity contribution in [3.05, 3.63) is 24.3 Å². The highest BCUT2D eigenvalue weighted by molar-refractivity contribution is 5.89.